The van der Waals surface area contributed by atoms with E-state index in [1.807, 2.05) is 30.3 Å². The molecular formula is C36H40FN7O3. The SMILES string of the molecule is Cc1c(-c2ccc(C[C@H](NC(=O)[C@H]3CC[C@H](CN)CC3)C(=O)Nc3ccc4[nH]c(=O)[nH]c4c3)cc2)cc2nc(C3CCC3)[nH]c2c1F. The average Bonchev–Trinajstić information content (AvgIpc) is 3.64. The maximum atomic E-state index is 15.5. The van der Waals surface area contributed by atoms with Gasteiger partial charge >= 0.3 is 5.69 Å². The maximum absolute atomic E-state index is 15.5. The second-order valence-electron chi connectivity index (χ2n) is 13.3. The summed E-state index contributed by atoms with van der Waals surface area (Å²) < 4.78 is 15.5. The van der Waals surface area contributed by atoms with Gasteiger partial charge in [-0.2, -0.15) is 0 Å². The molecule has 2 aromatic heterocycles. The molecule has 47 heavy (non-hydrogen) atoms. The summed E-state index contributed by atoms with van der Waals surface area (Å²) in [6.45, 7) is 2.40. The molecule has 0 bridgehead atoms. The minimum Gasteiger partial charge on any atom is -0.344 e. The van der Waals surface area contributed by atoms with Gasteiger partial charge in [-0.25, -0.2) is 14.2 Å². The molecule has 0 spiro atoms. The Labute approximate surface area is 271 Å². The molecule has 2 fully saturated rings. The third-order valence-corrected chi connectivity index (χ3v) is 10.1. The van der Waals surface area contributed by atoms with Crippen LogP contribution in [0.1, 0.15) is 67.8 Å². The third-order valence-electron chi connectivity index (χ3n) is 10.1. The van der Waals surface area contributed by atoms with Crippen molar-refractivity contribution >= 4 is 39.6 Å². The number of H-pyrrole nitrogens is 3. The maximum Gasteiger partial charge on any atom is 0.323 e. The van der Waals surface area contributed by atoms with Gasteiger partial charge in [0.15, 0.2) is 5.82 Å². The number of benzene rings is 3. The fraction of sp³-hybridized carbons (Fsp3) is 0.389. The number of imidazole rings is 2. The number of amides is 2. The predicted octanol–water partition coefficient (Wildman–Crippen LogP) is 5.55. The first-order valence-electron chi connectivity index (χ1n) is 16.6. The molecule has 0 unspecified atom stereocenters. The van der Waals surface area contributed by atoms with Crippen molar-refractivity contribution in [1.82, 2.24) is 25.3 Å². The minimum atomic E-state index is -0.842. The number of nitrogens with one attached hydrogen (secondary N) is 5. The molecule has 11 heteroatoms. The Morgan fingerprint density at radius 2 is 1.72 bits per heavy atom. The number of carbonyl (C=O) groups is 2. The van der Waals surface area contributed by atoms with Crippen LogP contribution in [0.5, 0.6) is 0 Å². The van der Waals surface area contributed by atoms with Crippen molar-refractivity contribution in [3.8, 4) is 11.1 Å². The zero-order valence-electron chi connectivity index (χ0n) is 26.4. The average molecular weight is 638 g/mol. The summed E-state index contributed by atoms with van der Waals surface area (Å²) in [4.78, 5) is 52.1. The van der Waals surface area contributed by atoms with E-state index in [1.165, 1.54) is 6.42 Å². The number of hydrogen-bond acceptors (Lipinski definition) is 5. The van der Waals surface area contributed by atoms with Gasteiger partial charge < -0.3 is 31.3 Å². The smallest absolute Gasteiger partial charge is 0.323 e. The molecule has 2 amide bonds. The number of carbonyl (C=O) groups excluding carboxylic acids is 2. The van der Waals surface area contributed by atoms with E-state index in [9.17, 15) is 14.4 Å². The number of halogens is 1. The number of nitrogens with two attached hydrogens (primary N) is 1. The van der Waals surface area contributed by atoms with Gasteiger partial charge in [0.25, 0.3) is 0 Å². The Morgan fingerprint density at radius 3 is 2.43 bits per heavy atom. The van der Waals surface area contributed by atoms with Gasteiger partial charge in [0.05, 0.1) is 16.6 Å². The molecule has 7 N–H and O–H groups in total. The van der Waals surface area contributed by atoms with Crippen LogP contribution in [0, 0.1) is 24.6 Å². The van der Waals surface area contributed by atoms with Crippen molar-refractivity contribution in [1.29, 1.82) is 0 Å². The molecule has 0 saturated heterocycles. The minimum absolute atomic E-state index is 0.137. The van der Waals surface area contributed by atoms with Gasteiger partial charge in [0, 0.05) is 23.9 Å². The largest absolute Gasteiger partial charge is 0.344 e. The lowest BCUT2D eigenvalue weighted by atomic mass is 9.81. The molecule has 2 saturated carbocycles. The Bertz CT molecular complexity index is 2000. The van der Waals surface area contributed by atoms with Gasteiger partial charge in [0.2, 0.25) is 11.8 Å². The molecule has 2 heterocycles. The van der Waals surface area contributed by atoms with Gasteiger partial charge in [-0.1, -0.05) is 30.7 Å². The van der Waals surface area contributed by atoms with E-state index in [0.29, 0.717) is 51.7 Å². The fourth-order valence-corrected chi connectivity index (χ4v) is 6.96. The van der Waals surface area contributed by atoms with Gasteiger partial charge in [-0.3, -0.25) is 9.59 Å². The zero-order valence-corrected chi connectivity index (χ0v) is 26.4. The van der Waals surface area contributed by atoms with E-state index in [4.69, 9.17) is 10.7 Å². The number of fused-ring (bicyclic) bond motifs is 2. The highest BCUT2D eigenvalue weighted by Crippen LogP contribution is 2.37. The van der Waals surface area contributed by atoms with E-state index < -0.39 is 6.04 Å². The molecule has 2 aliphatic rings. The van der Waals surface area contributed by atoms with Crippen LogP contribution >= 0.6 is 0 Å². The third kappa shape index (κ3) is 6.32. The van der Waals surface area contributed by atoms with Gasteiger partial charge in [-0.15, -0.1) is 0 Å². The van der Waals surface area contributed by atoms with Crippen LogP contribution in [0.3, 0.4) is 0 Å². The van der Waals surface area contributed by atoms with E-state index in [-0.39, 0.29) is 35.7 Å². The summed E-state index contributed by atoms with van der Waals surface area (Å²) in [7, 11) is 0. The number of rotatable bonds is 9. The monoisotopic (exact) mass is 637 g/mol. The van der Waals surface area contributed by atoms with E-state index in [0.717, 1.165) is 61.0 Å². The van der Waals surface area contributed by atoms with Crippen LogP contribution in [-0.2, 0) is 16.0 Å². The predicted molar refractivity (Wildman–Crippen MR) is 181 cm³/mol. The van der Waals surface area contributed by atoms with Crippen molar-refractivity contribution in [2.75, 3.05) is 11.9 Å². The standard InChI is InChI=1S/C36H40FN7O3/c1-19-26(17-29-32(31(19)37)44-33(40-29)23-3-2-4-23)22-9-5-20(6-10-22)15-30(41-34(45)24-11-7-21(18-38)8-12-24)35(46)39-25-13-14-27-28(16-25)43-36(47)42-27/h5-6,9-10,13-14,16-17,21,23-24,30H,2-4,7-8,11-12,15,18,38H2,1H3,(H,39,46)(H,40,44)(H,41,45)(H2,42,43,47)/t21-,24-,30-/m0/s1. The Hall–Kier alpha value is -4.77. The molecule has 2 aliphatic carbocycles. The number of aromatic amines is 3. The molecule has 7 rings (SSSR count). The van der Waals surface area contributed by atoms with Crippen LogP contribution in [-0.4, -0.2) is 44.3 Å². The quantitative estimate of drug-likeness (QED) is 0.125. The molecule has 5 aromatic rings. The van der Waals surface area contributed by atoms with Crippen LogP contribution in [0.4, 0.5) is 10.1 Å². The van der Waals surface area contributed by atoms with Crippen molar-refractivity contribution in [2.24, 2.45) is 17.6 Å². The Morgan fingerprint density at radius 1 is 0.979 bits per heavy atom. The molecule has 0 radical (unpaired) electrons. The summed E-state index contributed by atoms with van der Waals surface area (Å²) in [6, 6.07) is 13.9. The number of hydrogen-bond donors (Lipinski definition) is 6. The highest BCUT2D eigenvalue weighted by Gasteiger charge is 2.30. The first kappa shape index (κ1) is 30.9. The topological polar surface area (TPSA) is 162 Å². The van der Waals surface area contributed by atoms with E-state index >= 15 is 4.39 Å². The van der Waals surface area contributed by atoms with Crippen LogP contribution in [0.15, 0.2) is 53.3 Å². The molecule has 3 aromatic carbocycles. The van der Waals surface area contributed by atoms with Crippen molar-refractivity contribution < 1.29 is 14.0 Å². The fourth-order valence-electron chi connectivity index (χ4n) is 6.96. The second kappa shape index (κ2) is 12.8. The summed E-state index contributed by atoms with van der Waals surface area (Å²) in [5.74, 6) is 0.705. The summed E-state index contributed by atoms with van der Waals surface area (Å²) >= 11 is 0. The van der Waals surface area contributed by atoms with E-state index in [2.05, 4.69) is 25.6 Å². The highest BCUT2D eigenvalue weighted by molar-refractivity contribution is 5.99. The van der Waals surface area contributed by atoms with Crippen molar-refractivity contribution in [3.63, 3.8) is 0 Å². The Kier molecular flexibility index (Phi) is 8.40. The lowest BCUT2D eigenvalue weighted by molar-refractivity contribution is -0.130. The molecular weight excluding hydrogens is 597 g/mol. The first-order chi connectivity index (χ1) is 22.7. The molecule has 244 valence electrons. The first-order valence-corrected chi connectivity index (χ1v) is 16.6. The number of aromatic nitrogens is 4. The second-order valence-corrected chi connectivity index (χ2v) is 13.3. The van der Waals surface area contributed by atoms with Crippen LogP contribution in [0.25, 0.3) is 33.2 Å². The van der Waals surface area contributed by atoms with Crippen molar-refractivity contribution in [3.05, 3.63) is 81.8 Å². The van der Waals surface area contributed by atoms with Crippen LogP contribution < -0.4 is 22.1 Å². The highest BCUT2D eigenvalue weighted by atomic mass is 19.1. The molecule has 0 aliphatic heterocycles. The number of nitrogens with zero attached hydrogens (tertiary/aromatic N) is 1. The van der Waals surface area contributed by atoms with E-state index in [1.54, 1.807) is 25.1 Å². The zero-order chi connectivity index (χ0) is 32.7. The molecule has 1 atom stereocenters. The normalized spacial score (nSPS) is 19.0. The summed E-state index contributed by atoms with van der Waals surface area (Å²) in [5.41, 5.74) is 11.3. The lowest BCUT2D eigenvalue weighted by Gasteiger charge is -2.28. The van der Waals surface area contributed by atoms with Crippen LogP contribution in [0.2, 0.25) is 0 Å². The number of anilines is 1. The van der Waals surface area contributed by atoms with Crippen molar-refractivity contribution in [2.45, 2.75) is 70.3 Å². The summed E-state index contributed by atoms with van der Waals surface area (Å²) in [6.07, 6.45) is 6.87. The van der Waals surface area contributed by atoms with Gasteiger partial charge in [0.1, 0.15) is 17.4 Å². The molecule has 10 nitrogen and oxygen atoms in total. The van der Waals surface area contributed by atoms with Gasteiger partial charge in [-0.05, 0) is 104 Å². The summed E-state index contributed by atoms with van der Waals surface area (Å²) in [5, 5.41) is 5.94. The Balaban J connectivity index is 1.11. The lowest BCUT2D eigenvalue weighted by Crippen LogP contribution is -2.48.